The van der Waals surface area contributed by atoms with E-state index in [1.54, 1.807) is 46.2 Å². The minimum absolute atomic E-state index is 0.0810. The summed E-state index contributed by atoms with van der Waals surface area (Å²) in [5, 5.41) is 21.2. The number of ether oxygens (including phenoxy) is 2. The highest BCUT2D eigenvalue weighted by atomic mass is 16.6. The van der Waals surface area contributed by atoms with E-state index < -0.39 is 23.1 Å². The van der Waals surface area contributed by atoms with E-state index in [9.17, 15) is 28.8 Å². The quantitative estimate of drug-likeness (QED) is 0.0811. The van der Waals surface area contributed by atoms with Crippen LogP contribution in [-0.2, 0) is 9.47 Å². The number of carbonyl (C=O) groups is 6. The fraction of sp³-hybridized carbons (Fsp3) is 0.400. The number of hydrogen-bond acceptors (Lipinski definition) is 13. The van der Waals surface area contributed by atoms with Gasteiger partial charge in [0.25, 0.3) is 17.7 Å². The van der Waals surface area contributed by atoms with Crippen molar-refractivity contribution in [3.05, 3.63) is 132 Å². The van der Waals surface area contributed by atoms with Crippen LogP contribution in [0.2, 0.25) is 0 Å². The second-order valence-corrected chi connectivity index (χ2v) is 21.8. The molecule has 6 N–H and O–H groups in total. The number of fused-ring (bicyclic) bond motifs is 2. The third-order valence-electron chi connectivity index (χ3n) is 13.1. The van der Waals surface area contributed by atoms with Crippen molar-refractivity contribution in [2.45, 2.75) is 103 Å². The summed E-state index contributed by atoms with van der Waals surface area (Å²) in [6.07, 6.45) is 7.74. The number of aromatic carboxylic acids is 1. The van der Waals surface area contributed by atoms with E-state index in [4.69, 9.17) is 20.3 Å². The molecule has 2 fully saturated rings. The van der Waals surface area contributed by atoms with E-state index in [-0.39, 0.29) is 54.0 Å². The third-order valence-corrected chi connectivity index (χ3v) is 13.1. The number of piperidine rings is 2. The van der Waals surface area contributed by atoms with Crippen molar-refractivity contribution in [3.63, 3.8) is 0 Å². The Kier molecular flexibility index (Phi) is 20.2. The van der Waals surface area contributed by atoms with Gasteiger partial charge in [0, 0.05) is 94.5 Å². The van der Waals surface area contributed by atoms with Crippen LogP contribution in [0, 0.1) is 0 Å². The van der Waals surface area contributed by atoms with Crippen molar-refractivity contribution in [2.75, 3.05) is 75.2 Å². The maximum absolute atomic E-state index is 13.4. The van der Waals surface area contributed by atoms with Crippen molar-refractivity contribution in [3.8, 4) is 0 Å². The lowest BCUT2D eigenvalue weighted by Crippen LogP contribution is -2.50. The standard InChI is InChI=1S/C30H37N5O4.C17H26N4O3.C13H13NO2/c1-30(2,3)39-29(38)35-18-9-8-11-20(35)19-32-28(37)26-24(14-10-17-31-26)33-27(36)23-15-16-25(34(4)5)22-13-7-6-12-21(22)23;1-17(2,3)24-16(23)21-10-5-4-7-12(21)11-20-15(22)14-13(18)8-6-9-19-14;1-14(2)12-8-7-11(13(15)16)9-5-3-4-6-10(9)12/h6-7,10,12-17,20H,8-9,11,18-19H2,1-5H3,(H,32,37)(H,33,36);6,8-9,12H,4-5,7,10-11,18H2,1-3H3,(H,20,22);3-8H,1-2H3,(H,15,16). The van der Waals surface area contributed by atoms with Crippen LogP contribution in [0.3, 0.4) is 0 Å². The van der Waals surface area contributed by atoms with Gasteiger partial charge in [-0.05, 0) is 139 Å². The number of nitrogens with one attached hydrogen (secondary N) is 3. The zero-order valence-electron chi connectivity index (χ0n) is 47.1. The molecule has 19 heteroatoms. The number of amides is 5. The Balaban J connectivity index is 0.000000213. The molecule has 4 heterocycles. The van der Waals surface area contributed by atoms with Gasteiger partial charge in [0.15, 0.2) is 11.4 Å². The van der Waals surface area contributed by atoms with Crippen LogP contribution in [0.15, 0.2) is 109 Å². The summed E-state index contributed by atoms with van der Waals surface area (Å²) in [5.41, 5.74) is 8.48. The number of anilines is 4. The van der Waals surface area contributed by atoms with Crippen molar-refractivity contribution in [1.82, 2.24) is 30.4 Å². The van der Waals surface area contributed by atoms with Crippen LogP contribution in [0.1, 0.15) is 122 Å². The average molecular weight is 1080 g/mol. The highest BCUT2D eigenvalue weighted by Crippen LogP contribution is 2.31. The molecule has 8 rings (SSSR count). The minimum atomic E-state index is -0.887. The van der Waals surface area contributed by atoms with Gasteiger partial charge >= 0.3 is 18.2 Å². The summed E-state index contributed by atoms with van der Waals surface area (Å²) in [5.74, 6) is -1.97. The summed E-state index contributed by atoms with van der Waals surface area (Å²) in [6.45, 7) is 12.9. The van der Waals surface area contributed by atoms with Crippen molar-refractivity contribution >= 4 is 80.2 Å². The number of nitrogen functional groups attached to an aromatic ring is 1. The highest BCUT2D eigenvalue weighted by molar-refractivity contribution is 6.16. The Labute approximate surface area is 462 Å². The molecule has 0 saturated carbocycles. The predicted molar refractivity (Wildman–Crippen MR) is 310 cm³/mol. The number of aromatic nitrogens is 2. The average Bonchev–Trinajstić information content (AvgIpc) is 3.49. The van der Waals surface area contributed by atoms with Crippen LogP contribution < -0.4 is 31.5 Å². The maximum Gasteiger partial charge on any atom is 0.410 e. The number of hydrogen-bond donors (Lipinski definition) is 5. The number of benzene rings is 4. The smallest absolute Gasteiger partial charge is 0.410 e. The summed E-state index contributed by atoms with van der Waals surface area (Å²) in [4.78, 5) is 90.6. The van der Waals surface area contributed by atoms with Gasteiger partial charge in [-0.25, -0.2) is 24.4 Å². The van der Waals surface area contributed by atoms with E-state index in [0.717, 1.165) is 71.4 Å². The van der Waals surface area contributed by atoms with Crippen molar-refractivity contribution in [1.29, 1.82) is 0 Å². The van der Waals surface area contributed by atoms with Gasteiger partial charge in [-0.3, -0.25) is 14.4 Å². The van der Waals surface area contributed by atoms with Gasteiger partial charge in [-0.15, -0.1) is 0 Å². The molecule has 0 bridgehead atoms. The predicted octanol–water partition coefficient (Wildman–Crippen LogP) is 9.86. The zero-order chi connectivity index (χ0) is 57.6. The molecule has 2 aliphatic rings. The molecule has 2 unspecified atom stereocenters. The van der Waals surface area contributed by atoms with E-state index in [0.29, 0.717) is 42.1 Å². The van der Waals surface area contributed by atoms with Gasteiger partial charge in [-0.1, -0.05) is 48.5 Å². The van der Waals surface area contributed by atoms with Crippen molar-refractivity contribution in [2.24, 2.45) is 0 Å². The summed E-state index contributed by atoms with van der Waals surface area (Å²) in [6, 6.07) is 28.9. The number of pyridine rings is 2. The number of likely N-dealkylation sites (tertiary alicyclic amines) is 2. The molecule has 420 valence electrons. The second kappa shape index (κ2) is 26.7. The Morgan fingerprint density at radius 1 is 0.570 bits per heavy atom. The largest absolute Gasteiger partial charge is 0.478 e. The molecule has 2 atom stereocenters. The summed E-state index contributed by atoms with van der Waals surface area (Å²) >= 11 is 0. The van der Waals surface area contributed by atoms with Crippen LogP contribution in [0.5, 0.6) is 0 Å². The molecule has 6 aromatic rings. The van der Waals surface area contributed by atoms with Crippen LogP contribution >= 0.6 is 0 Å². The van der Waals surface area contributed by atoms with Gasteiger partial charge in [0.05, 0.1) is 29.0 Å². The second-order valence-electron chi connectivity index (χ2n) is 21.8. The molecule has 4 aromatic carbocycles. The SMILES string of the molecule is CC(C)(C)OC(=O)N1CCCCC1CNC(=O)c1ncccc1N.CN(C)c1ccc(C(=O)Nc2cccnc2C(=O)NCC2CCCCN2C(=O)OC(C)(C)C)c2ccccc12.CN(C)c1ccc(C(=O)O)c2ccccc12. The van der Waals surface area contributed by atoms with Crippen LogP contribution in [-0.4, -0.2) is 138 Å². The number of nitrogens with zero attached hydrogens (tertiary/aromatic N) is 6. The molecule has 5 amide bonds. The van der Waals surface area contributed by atoms with Crippen LogP contribution in [0.4, 0.5) is 32.3 Å². The summed E-state index contributed by atoms with van der Waals surface area (Å²) < 4.78 is 11.0. The lowest BCUT2D eigenvalue weighted by Gasteiger charge is -2.36. The molecule has 19 nitrogen and oxygen atoms in total. The number of carboxylic acid groups (broad SMARTS) is 1. The minimum Gasteiger partial charge on any atom is -0.478 e. The van der Waals surface area contributed by atoms with E-state index in [2.05, 4.69) is 25.9 Å². The number of carbonyl (C=O) groups excluding carboxylic acids is 5. The van der Waals surface area contributed by atoms with Crippen LogP contribution in [0.25, 0.3) is 21.5 Å². The topological polar surface area (TPSA) is 242 Å². The molecule has 2 saturated heterocycles. The third kappa shape index (κ3) is 16.3. The van der Waals surface area contributed by atoms with Gasteiger partial charge in [-0.2, -0.15) is 0 Å². The molecule has 79 heavy (non-hydrogen) atoms. The highest BCUT2D eigenvalue weighted by Gasteiger charge is 2.33. The fourth-order valence-corrected chi connectivity index (χ4v) is 9.35. The fourth-order valence-electron chi connectivity index (χ4n) is 9.35. The first-order valence-electron chi connectivity index (χ1n) is 26.6. The first kappa shape index (κ1) is 59.8. The van der Waals surface area contributed by atoms with Crippen molar-refractivity contribution < 1.29 is 43.3 Å². The Morgan fingerprint density at radius 3 is 1.46 bits per heavy atom. The summed E-state index contributed by atoms with van der Waals surface area (Å²) in [7, 11) is 7.81. The Bertz CT molecular complexity index is 3130. The van der Waals surface area contributed by atoms with Gasteiger partial charge < -0.3 is 55.9 Å². The monoisotopic (exact) mass is 1080 g/mol. The molecular formula is C60H76N10O9. The van der Waals surface area contributed by atoms with E-state index in [1.165, 1.54) is 12.4 Å². The molecule has 2 aliphatic heterocycles. The number of nitrogens with two attached hydrogens (primary N) is 1. The van der Waals surface area contributed by atoms with E-state index in [1.807, 2.05) is 140 Å². The Hall–Kier alpha value is -8.48. The lowest BCUT2D eigenvalue weighted by molar-refractivity contribution is 0.00898. The lowest BCUT2D eigenvalue weighted by atomic mass is 10.0. The zero-order valence-corrected chi connectivity index (χ0v) is 47.1. The molecule has 0 aliphatic carbocycles. The number of carboxylic acids is 1. The van der Waals surface area contributed by atoms with Gasteiger partial charge in [0.2, 0.25) is 0 Å². The molecule has 2 aromatic heterocycles. The molecule has 0 spiro atoms. The normalized spacial score (nSPS) is 15.3. The first-order chi connectivity index (χ1) is 37.4. The first-order valence-corrected chi connectivity index (χ1v) is 26.6. The molecule has 0 radical (unpaired) electrons. The number of rotatable bonds is 11. The van der Waals surface area contributed by atoms with Gasteiger partial charge in [0.1, 0.15) is 11.2 Å². The Morgan fingerprint density at radius 2 is 1.00 bits per heavy atom. The van der Waals surface area contributed by atoms with E-state index >= 15 is 0 Å². The maximum atomic E-state index is 13.4. The molecular weight excluding hydrogens is 1000 g/mol.